The van der Waals surface area contributed by atoms with Gasteiger partial charge in [0.1, 0.15) is 4.88 Å². The largest absolute Gasteiger partial charge is 0.477 e. The molecule has 1 aliphatic rings. The van der Waals surface area contributed by atoms with Gasteiger partial charge in [-0.2, -0.15) is 0 Å². The van der Waals surface area contributed by atoms with Crippen LogP contribution in [-0.2, 0) is 6.54 Å². The fraction of sp³-hybridized carbons (Fsp3) is 0.500. The molecule has 1 N–H and O–H groups in total. The highest BCUT2D eigenvalue weighted by Gasteiger charge is 2.26. The number of carboxylic acids is 1. The number of rotatable bonds is 4. The molecular formula is C10H13NO2S. The molecular weight excluding hydrogens is 198 g/mol. The monoisotopic (exact) mass is 211 g/mol. The molecule has 2 rings (SSSR count). The highest BCUT2D eigenvalue weighted by atomic mass is 32.1. The maximum Gasteiger partial charge on any atom is 0.345 e. The van der Waals surface area contributed by atoms with Crippen molar-refractivity contribution in [1.29, 1.82) is 0 Å². The number of carbonyl (C=O) groups is 1. The molecule has 76 valence electrons. The van der Waals surface area contributed by atoms with Gasteiger partial charge >= 0.3 is 5.97 Å². The van der Waals surface area contributed by atoms with E-state index in [2.05, 4.69) is 11.9 Å². The summed E-state index contributed by atoms with van der Waals surface area (Å²) in [6, 6.07) is 4.32. The zero-order valence-electron chi connectivity index (χ0n) is 8.06. The Labute approximate surface area is 87.0 Å². The molecule has 0 spiro atoms. The number of carboxylic acid groups (broad SMARTS) is 1. The Morgan fingerprint density at radius 3 is 2.86 bits per heavy atom. The van der Waals surface area contributed by atoms with Crippen LogP contribution in [0.5, 0.6) is 0 Å². The van der Waals surface area contributed by atoms with Gasteiger partial charge < -0.3 is 5.11 Å². The first-order valence-corrected chi connectivity index (χ1v) is 5.50. The van der Waals surface area contributed by atoms with Crippen molar-refractivity contribution in [1.82, 2.24) is 4.90 Å². The molecule has 1 aromatic heterocycles. The Balaban J connectivity index is 1.98. The summed E-state index contributed by atoms with van der Waals surface area (Å²) in [4.78, 5) is 14.5. The van der Waals surface area contributed by atoms with Crippen molar-refractivity contribution in [3.8, 4) is 0 Å². The molecule has 1 heterocycles. The molecule has 0 aromatic carbocycles. The van der Waals surface area contributed by atoms with E-state index in [9.17, 15) is 4.79 Å². The number of hydrogen-bond acceptors (Lipinski definition) is 3. The lowest BCUT2D eigenvalue weighted by Crippen LogP contribution is -2.19. The van der Waals surface area contributed by atoms with Crippen LogP contribution in [0, 0.1) is 0 Å². The Morgan fingerprint density at radius 1 is 1.64 bits per heavy atom. The van der Waals surface area contributed by atoms with Gasteiger partial charge in [0.15, 0.2) is 0 Å². The molecule has 0 saturated heterocycles. The topological polar surface area (TPSA) is 40.5 Å². The lowest BCUT2D eigenvalue weighted by molar-refractivity contribution is 0.0702. The summed E-state index contributed by atoms with van der Waals surface area (Å²) in [6.07, 6.45) is 2.57. The summed E-state index contributed by atoms with van der Waals surface area (Å²) in [6.45, 7) is 0.878. The highest BCUT2D eigenvalue weighted by molar-refractivity contribution is 7.13. The van der Waals surface area contributed by atoms with Gasteiger partial charge in [0.05, 0.1) is 0 Å². The summed E-state index contributed by atoms with van der Waals surface area (Å²) in [5.74, 6) is -0.824. The maximum atomic E-state index is 10.6. The standard InChI is InChI=1S/C10H13NO2S/c1-11(7-2-3-7)6-8-4-5-9(14-8)10(12)13/h4-5,7H,2-3,6H2,1H3,(H,12,13). The average Bonchev–Trinajstić information content (AvgIpc) is 2.87. The third kappa shape index (κ3) is 2.13. The Bertz CT molecular complexity index is 344. The fourth-order valence-corrected chi connectivity index (χ4v) is 2.38. The number of thiophene rings is 1. The van der Waals surface area contributed by atoms with E-state index in [4.69, 9.17) is 5.11 Å². The van der Waals surface area contributed by atoms with Crippen molar-refractivity contribution in [3.05, 3.63) is 21.9 Å². The van der Waals surface area contributed by atoms with Gasteiger partial charge in [0, 0.05) is 17.5 Å². The summed E-state index contributed by atoms with van der Waals surface area (Å²) < 4.78 is 0. The third-order valence-electron chi connectivity index (χ3n) is 2.45. The molecule has 3 nitrogen and oxygen atoms in total. The Kier molecular flexibility index (Phi) is 2.56. The summed E-state index contributed by atoms with van der Waals surface area (Å²) >= 11 is 1.37. The molecule has 1 aromatic rings. The molecule has 14 heavy (non-hydrogen) atoms. The van der Waals surface area contributed by atoms with Crippen LogP contribution in [0.1, 0.15) is 27.4 Å². The molecule has 0 atom stereocenters. The van der Waals surface area contributed by atoms with Crippen molar-refractivity contribution in [2.75, 3.05) is 7.05 Å². The summed E-state index contributed by atoms with van der Waals surface area (Å²) in [5, 5.41) is 8.75. The van der Waals surface area contributed by atoms with Gasteiger partial charge in [0.2, 0.25) is 0 Å². The quantitative estimate of drug-likeness (QED) is 0.828. The van der Waals surface area contributed by atoms with Crippen molar-refractivity contribution in [2.24, 2.45) is 0 Å². The third-order valence-corrected chi connectivity index (χ3v) is 3.51. The van der Waals surface area contributed by atoms with Gasteiger partial charge in [-0.05, 0) is 32.0 Å². The van der Waals surface area contributed by atoms with Crippen molar-refractivity contribution in [2.45, 2.75) is 25.4 Å². The predicted molar refractivity (Wildman–Crippen MR) is 55.8 cm³/mol. The van der Waals surface area contributed by atoms with Gasteiger partial charge in [0.25, 0.3) is 0 Å². The second-order valence-electron chi connectivity index (χ2n) is 3.72. The molecule has 1 saturated carbocycles. The van der Waals surface area contributed by atoms with Crippen LogP contribution in [0.2, 0.25) is 0 Å². The van der Waals surface area contributed by atoms with Crippen LogP contribution >= 0.6 is 11.3 Å². The average molecular weight is 211 g/mol. The normalized spacial score (nSPS) is 16.1. The molecule has 0 bridgehead atoms. The summed E-state index contributed by atoms with van der Waals surface area (Å²) in [5.41, 5.74) is 0. The minimum atomic E-state index is -0.824. The second-order valence-corrected chi connectivity index (χ2v) is 4.89. The SMILES string of the molecule is CN(Cc1ccc(C(=O)O)s1)C1CC1. The molecule has 4 heteroatoms. The van der Waals surface area contributed by atoms with E-state index in [1.54, 1.807) is 6.07 Å². The van der Waals surface area contributed by atoms with Crippen molar-refractivity contribution in [3.63, 3.8) is 0 Å². The lowest BCUT2D eigenvalue weighted by Gasteiger charge is -2.13. The second kappa shape index (κ2) is 3.71. The van der Waals surface area contributed by atoms with Gasteiger partial charge in [-0.3, -0.25) is 4.90 Å². The number of nitrogens with zero attached hydrogens (tertiary/aromatic N) is 1. The maximum absolute atomic E-state index is 10.6. The molecule has 0 aliphatic heterocycles. The first-order valence-electron chi connectivity index (χ1n) is 4.69. The molecule has 0 unspecified atom stereocenters. The first-order chi connectivity index (χ1) is 6.66. The van der Waals surface area contributed by atoms with E-state index in [-0.39, 0.29) is 0 Å². The minimum Gasteiger partial charge on any atom is -0.477 e. The zero-order valence-corrected chi connectivity index (χ0v) is 8.88. The van der Waals surface area contributed by atoms with Crippen LogP contribution in [0.4, 0.5) is 0 Å². The van der Waals surface area contributed by atoms with E-state index in [1.807, 2.05) is 6.07 Å². The van der Waals surface area contributed by atoms with Gasteiger partial charge in [-0.1, -0.05) is 0 Å². The van der Waals surface area contributed by atoms with Crippen LogP contribution in [0.15, 0.2) is 12.1 Å². The van der Waals surface area contributed by atoms with Gasteiger partial charge in [-0.15, -0.1) is 11.3 Å². The minimum absolute atomic E-state index is 0.434. The van der Waals surface area contributed by atoms with Crippen molar-refractivity contribution < 1.29 is 9.90 Å². The molecule has 1 fully saturated rings. The number of aromatic carboxylic acids is 1. The van der Waals surface area contributed by atoms with Crippen LogP contribution in [0.25, 0.3) is 0 Å². The fourth-order valence-electron chi connectivity index (χ4n) is 1.47. The molecule has 1 aliphatic carbocycles. The zero-order chi connectivity index (χ0) is 10.1. The number of hydrogen-bond donors (Lipinski definition) is 1. The van der Waals surface area contributed by atoms with E-state index >= 15 is 0 Å². The van der Waals surface area contributed by atoms with Crippen molar-refractivity contribution >= 4 is 17.3 Å². The predicted octanol–water partition coefficient (Wildman–Crippen LogP) is 2.04. The first kappa shape index (κ1) is 9.68. The Hall–Kier alpha value is -0.870. The molecule has 0 radical (unpaired) electrons. The van der Waals surface area contributed by atoms with E-state index in [1.165, 1.54) is 24.2 Å². The smallest absolute Gasteiger partial charge is 0.345 e. The molecule has 0 amide bonds. The van der Waals surface area contributed by atoms with Gasteiger partial charge in [-0.25, -0.2) is 4.79 Å². The summed E-state index contributed by atoms with van der Waals surface area (Å²) in [7, 11) is 2.10. The van der Waals surface area contributed by atoms with Crippen LogP contribution in [-0.4, -0.2) is 29.1 Å². The highest BCUT2D eigenvalue weighted by Crippen LogP contribution is 2.28. The lowest BCUT2D eigenvalue weighted by atomic mass is 10.4. The van der Waals surface area contributed by atoms with E-state index in [0.717, 1.165) is 17.5 Å². The van der Waals surface area contributed by atoms with E-state index in [0.29, 0.717) is 4.88 Å². The van der Waals surface area contributed by atoms with E-state index < -0.39 is 5.97 Å². The Morgan fingerprint density at radius 2 is 2.36 bits per heavy atom. The van der Waals surface area contributed by atoms with Crippen LogP contribution in [0.3, 0.4) is 0 Å². The van der Waals surface area contributed by atoms with Crippen LogP contribution < -0.4 is 0 Å².